The number of hydrogen-bond acceptors (Lipinski definition) is 3. The minimum absolute atomic E-state index is 0.0534. The first-order valence-corrected chi connectivity index (χ1v) is 6.00. The van der Waals surface area contributed by atoms with Crippen LogP contribution in [0.1, 0.15) is 32.0 Å². The van der Waals surface area contributed by atoms with E-state index in [4.69, 9.17) is 0 Å². The van der Waals surface area contributed by atoms with Crippen LogP contribution in [0.5, 0.6) is 0 Å². The van der Waals surface area contributed by atoms with Crippen LogP contribution in [0.2, 0.25) is 0 Å². The van der Waals surface area contributed by atoms with Gasteiger partial charge in [-0.15, -0.1) is 0 Å². The van der Waals surface area contributed by atoms with Crippen molar-refractivity contribution < 1.29 is 0 Å². The molecule has 4 nitrogen and oxygen atoms in total. The molecule has 16 heavy (non-hydrogen) atoms. The van der Waals surface area contributed by atoms with Gasteiger partial charge in [0.1, 0.15) is 11.6 Å². The molecule has 1 aliphatic rings. The third-order valence-corrected chi connectivity index (χ3v) is 3.26. The average Bonchev–Trinajstić information content (AvgIpc) is 2.22. The summed E-state index contributed by atoms with van der Waals surface area (Å²) in [6.07, 6.45) is 4.74. The third kappa shape index (κ3) is 2.43. The van der Waals surface area contributed by atoms with Gasteiger partial charge in [-0.25, -0.2) is 4.98 Å². The summed E-state index contributed by atoms with van der Waals surface area (Å²) in [6, 6.07) is 1.58. The minimum Gasteiger partial charge on any atom is -0.359 e. The molecule has 4 heteroatoms. The van der Waals surface area contributed by atoms with Crippen molar-refractivity contribution in [3.63, 3.8) is 0 Å². The Morgan fingerprint density at radius 3 is 2.88 bits per heavy atom. The molecule has 1 saturated carbocycles. The largest absolute Gasteiger partial charge is 0.359 e. The van der Waals surface area contributed by atoms with Gasteiger partial charge < -0.3 is 9.88 Å². The van der Waals surface area contributed by atoms with Crippen LogP contribution in [0.4, 0.5) is 5.82 Å². The van der Waals surface area contributed by atoms with Crippen LogP contribution in [0.3, 0.4) is 0 Å². The first-order chi connectivity index (χ1) is 7.69. The van der Waals surface area contributed by atoms with Gasteiger partial charge in [-0.05, 0) is 18.8 Å². The highest BCUT2D eigenvalue weighted by atomic mass is 16.1. The number of anilines is 1. The highest BCUT2D eigenvalue weighted by Crippen LogP contribution is 2.27. The maximum Gasteiger partial charge on any atom is 0.252 e. The van der Waals surface area contributed by atoms with Gasteiger partial charge in [-0.2, -0.15) is 0 Å². The zero-order chi connectivity index (χ0) is 11.5. The van der Waals surface area contributed by atoms with Gasteiger partial charge in [0, 0.05) is 26.1 Å². The van der Waals surface area contributed by atoms with Crippen molar-refractivity contribution in [2.75, 3.05) is 18.5 Å². The quantitative estimate of drug-likeness (QED) is 0.839. The molecule has 0 radical (unpaired) electrons. The second-order valence-corrected chi connectivity index (χ2v) is 4.58. The van der Waals surface area contributed by atoms with Crippen molar-refractivity contribution in [1.29, 1.82) is 0 Å². The second-order valence-electron chi connectivity index (χ2n) is 4.58. The monoisotopic (exact) mass is 221 g/mol. The van der Waals surface area contributed by atoms with Crippen LogP contribution in [0, 0.1) is 5.92 Å². The summed E-state index contributed by atoms with van der Waals surface area (Å²) in [7, 11) is 2.01. The van der Waals surface area contributed by atoms with Crippen LogP contribution < -0.4 is 10.5 Å². The molecule has 1 aliphatic carbocycles. The molecule has 0 atom stereocenters. The van der Waals surface area contributed by atoms with E-state index in [0.29, 0.717) is 0 Å². The number of nitrogens with zero attached hydrogens (tertiary/aromatic N) is 2. The Morgan fingerprint density at radius 1 is 1.56 bits per heavy atom. The van der Waals surface area contributed by atoms with Crippen molar-refractivity contribution >= 4 is 5.82 Å². The van der Waals surface area contributed by atoms with E-state index in [1.165, 1.54) is 19.3 Å². The molecule has 0 unspecified atom stereocenters. The van der Waals surface area contributed by atoms with Crippen LogP contribution in [-0.4, -0.2) is 23.6 Å². The Hall–Kier alpha value is -1.32. The molecule has 88 valence electrons. The summed E-state index contributed by atoms with van der Waals surface area (Å²) in [4.78, 5) is 20.7. The van der Waals surface area contributed by atoms with E-state index in [2.05, 4.69) is 14.9 Å². The molecule has 0 saturated heterocycles. The number of rotatable bonds is 4. The average molecular weight is 221 g/mol. The highest BCUT2D eigenvalue weighted by Gasteiger charge is 2.19. The van der Waals surface area contributed by atoms with Crippen LogP contribution >= 0.6 is 0 Å². The number of nitrogens with one attached hydrogen (secondary N) is 1. The van der Waals surface area contributed by atoms with Crippen LogP contribution in [0.25, 0.3) is 0 Å². The fourth-order valence-electron chi connectivity index (χ4n) is 2.01. The molecule has 0 bridgehead atoms. The van der Waals surface area contributed by atoms with Gasteiger partial charge >= 0.3 is 0 Å². The van der Waals surface area contributed by atoms with E-state index >= 15 is 0 Å². The summed E-state index contributed by atoms with van der Waals surface area (Å²) in [5.41, 5.74) is -0.0534. The number of aromatic nitrogens is 2. The number of H-pyrrole nitrogens is 1. The second kappa shape index (κ2) is 4.68. The van der Waals surface area contributed by atoms with E-state index in [1.54, 1.807) is 6.07 Å². The molecule has 1 N–H and O–H groups in total. The van der Waals surface area contributed by atoms with Crippen molar-refractivity contribution in [1.82, 2.24) is 9.97 Å². The van der Waals surface area contributed by atoms with E-state index in [-0.39, 0.29) is 5.56 Å². The smallest absolute Gasteiger partial charge is 0.252 e. The standard InChI is InChI=1S/C12H19N3O/c1-3-10-13-11(7-12(16)14-10)15(2)8-9-5-4-6-9/h7,9H,3-6,8H2,1-2H3,(H,13,14,16). The van der Waals surface area contributed by atoms with Gasteiger partial charge in [-0.3, -0.25) is 4.79 Å². The van der Waals surface area contributed by atoms with Gasteiger partial charge in [0.2, 0.25) is 0 Å². The Morgan fingerprint density at radius 2 is 2.31 bits per heavy atom. The predicted molar refractivity (Wildman–Crippen MR) is 64.8 cm³/mol. The Kier molecular flexibility index (Phi) is 3.27. The summed E-state index contributed by atoms with van der Waals surface area (Å²) in [5, 5.41) is 0. The summed E-state index contributed by atoms with van der Waals surface area (Å²) < 4.78 is 0. The lowest BCUT2D eigenvalue weighted by molar-refractivity contribution is 0.321. The van der Waals surface area contributed by atoms with Crippen molar-refractivity contribution in [3.05, 3.63) is 22.2 Å². The van der Waals surface area contributed by atoms with Crippen LogP contribution in [-0.2, 0) is 6.42 Å². The normalized spacial score (nSPS) is 15.9. The molecule has 1 fully saturated rings. The van der Waals surface area contributed by atoms with E-state index < -0.39 is 0 Å². The molecule has 0 amide bonds. The van der Waals surface area contributed by atoms with Crippen molar-refractivity contribution in [2.45, 2.75) is 32.6 Å². The molecule has 1 aromatic rings. The summed E-state index contributed by atoms with van der Waals surface area (Å²) >= 11 is 0. The number of aryl methyl sites for hydroxylation is 1. The fourth-order valence-corrected chi connectivity index (χ4v) is 2.01. The van der Waals surface area contributed by atoms with Crippen molar-refractivity contribution in [2.24, 2.45) is 5.92 Å². The Balaban J connectivity index is 2.11. The van der Waals surface area contributed by atoms with Gasteiger partial charge in [0.15, 0.2) is 0 Å². The zero-order valence-corrected chi connectivity index (χ0v) is 9.99. The third-order valence-electron chi connectivity index (χ3n) is 3.26. The summed E-state index contributed by atoms with van der Waals surface area (Å²) in [6.45, 7) is 3.01. The molecule has 1 aromatic heterocycles. The SMILES string of the molecule is CCc1nc(N(C)CC2CCC2)cc(=O)[nH]1. The Labute approximate surface area is 95.7 Å². The lowest BCUT2D eigenvalue weighted by Gasteiger charge is -2.30. The van der Waals surface area contributed by atoms with Crippen molar-refractivity contribution in [3.8, 4) is 0 Å². The van der Waals surface area contributed by atoms with E-state index in [1.807, 2.05) is 14.0 Å². The molecular formula is C12H19N3O. The molecule has 0 aromatic carbocycles. The first kappa shape index (κ1) is 11.2. The lowest BCUT2D eigenvalue weighted by Crippen LogP contribution is -2.31. The maximum absolute atomic E-state index is 11.4. The molecule has 2 rings (SSSR count). The molecule has 0 spiro atoms. The molecule has 0 aliphatic heterocycles. The topological polar surface area (TPSA) is 49.0 Å². The van der Waals surface area contributed by atoms with Crippen LogP contribution in [0.15, 0.2) is 10.9 Å². The summed E-state index contributed by atoms with van der Waals surface area (Å²) in [5.74, 6) is 2.35. The predicted octanol–water partition coefficient (Wildman–Crippen LogP) is 1.57. The Bertz CT molecular complexity index is 409. The number of hydrogen-bond donors (Lipinski definition) is 1. The van der Waals surface area contributed by atoms with Gasteiger partial charge in [0.25, 0.3) is 5.56 Å². The molecule has 1 heterocycles. The molecular weight excluding hydrogens is 202 g/mol. The van der Waals surface area contributed by atoms with E-state index in [9.17, 15) is 4.79 Å². The zero-order valence-electron chi connectivity index (χ0n) is 9.99. The lowest BCUT2D eigenvalue weighted by atomic mass is 9.85. The van der Waals surface area contributed by atoms with Gasteiger partial charge in [-0.1, -0.05) is 13.3 Å². The maximum atomic E-state index is 11.4. The highest BCUT2D eigenvalue weighted by molar-refractivity contribution is 5.36. The minimum atomic E-state index is -0.0534. The first-order valence-electron chi connectivity index (χ1n) is 6.00. The van der Waals surface area contributed by atoms with E-state index in [0.717, 1.165) is 30.5 Å². The fraction of sp³-hybridized carbons (Fsp3) is 0.667. The van der Waals surface area contributed by atoms with Gasteiger partial charge in [0.05, 0.1) is 0 Å². The number of aromatic amines is 1.